The normalized spacial score (nSPS) is 10.3. The molecule has 0 spiro atoms. The topological polar surface area (TPSA) is 95.7 Å². The van der Waals surface area contributed by atoms with Gasteiger partial charge in [-0.25, -0.2) is 4.79 Å². The fourth-order valence-electron chi connectivity index (χ4n) is 1.59. The van der Waals surface area contributed by atoms with Crippen LogP contribution in [-0.2, 0) is 0 Å². The van der Waals surface area contributed by atoms with E-state index in [9.17, 15) is 14.9 Å². The second-order valence-electron chi connectivity index (χ2n) is 4.25. The SMILES string of the molecule is CC(C)N(CCO)C(=O)Nc1cccc([N+](=O)[O-])c1. The van der Waals surface area contributed by atoms with E-state index in [2.05, 4.69) is 5.32 Å². The molecule has 19 heavy (non-hydrogen) atoms. The Labute approximate surface area is 111 Å². The van der Waals surface area contributed by atoms with E-state index in [1.54, 1.807) is 6.07 Å². The molecule has 0 aliphatic rings. The number of nitrogens with one attached hydrogen (secondary N) is 1. The first-order chi connectivity index (χ1) is 8.95. The summed E-state index contributed by atoms with van der Waals surface area (Å²) in [5.74, 6) is 0. The minimum atomic E-state index is -0.524. The minimum absolute atomic E-state index is 0.0779. The van der Waals surface area contributed by atoms with Crippen molar-refractivity contribution in [1.82, 2.24) is 4.90 Å². The van der Waals surface area contributed by atoms with Gasteiger partial charge in [-0.05, 0) is 19.9 Å². The van der Waals surface area contributed by atoms with Crippen molar-refractivity contribution in [3.05, 3.63) is 34.4 Å². The number of nitro groups is 1. The van der Waals surface area contributed by atoms with E-state index in [1.165, 1.54) is 23.1 Å². The Kier molecular flexibility index (Phi) is 5.25. The second kappa shape index (κ2) is 6.69. The van der Waals surface area contributed by atoms with Crippen molar-refractivity contribution in [1.29, 1.82) is 0 Å². The molecule has 1 aromatic rings. The average Bonchev–Trinajstić information content (AvgIpc) is 2.35. The highest BCUT2D eigenvalue weighted by Crippen LogP contribution is 2.17. The molecule has 0 saturated carbocycles. The lowest BCUT2D eigenvalue weighted by Gasteiger charge is -2.26. The highest BCUT2D eigenvalue weighted by Gasteiger charge is 2.17. The highest BCUT2D eigenvalue weighted by atomic mass is 16.6. The fraction of sp³-hybridized carbons (Fsp3) is 0.417. The number of hydrogen-bond donors (Lipinski definition) is 2. The van der Waals surface area contributed by atoms with Crippen molar-refractivity contribution >= 4 is 17.4 Å². The van der Waals surface area contributed by atoms with Crippen LogP contribution >= 0.6 is 0 Å². The number of carbonyl (C=O) groups excluding carboxylic acids is 1. The smallest absolute Gasteiger partial charge is 0.322 e. The van der Waals surface area contributed by atoms with Gasteiger partial charge in [0.2, 0.25) is 0 Å². The van der Waals surface area contributed by atoms with Crippen molar-refractivity contribution in [3.8, 4) is 0 Å². The zero-order valence-electron chi connectivity index (χ0n) is 10.9. The van der Waals surface area contributed by atoms with E-state index < -0.39 is 11.0 Å². The van der Waals surface area contributed by atoms with Crippen LogP contribution in [0.25, 0.3) is 0 Å². The number of anilines is 1. The first-order valence-corrected chi connectivity index (χ1v) is 5.88. The molecular formula is C12H17N3O4. The summed E-state index contributed by atoms with van der Waals surface area (Å²) in [6, 6.07) is 5.23. The maximum Gasteiger partial charge on any atom is 0.322 e. The molecule has 0 aliphatic carbocycles. The van der Waals surface area contributed by atoms with E-state index in [-0.39, 0.29) is 24.9 Å². The summed E-state index contributed by atoms with van der Waals surface area (Å²) >= 11 is 0. The Balaban J connectivity index is 2.80. The molecule has 0 heterocycles. The maximum atomic E-state index is 12.0. The number of aliphatic hydroxyl groups excluding tert-OH is 1. The Hall–Kier alpha value is -2.15. The monoisotopic (exact) mass is 267 g/mol. The highest BCUT2D eigenvalue weighted by molar-refractivity contribution is 5.89. The van der Waals surface area contributed by atoms with E-state index >= 15 is 0 Å². The van der Waals surface area contributed by atoms with Gasteiger partial charge < -0.3 is 15.3 Å². The Morgan fingerprint density at radius 2 is 2.21 bits per heavy atom. The molecule has 0 fully saturated rings. The summed E-state index contributed by atoms with van der Waals surface area (Å²) in [6.07, 6.45) is 0. The summed E-state index contributed by atoms with van der Waals surface area (Å²) in [5.41, 5.74) is 0.263. The molecule has 7 heteroatoms. The molecule has 104 valence electrons. The van der Waals surface area contributed by atoms with E-state index in [4.69, 9.17) is 5.11 Å². The molecule has 0 atom stereocenters. The van der Waals surface area contributed by atoms with E-state index in [0.717, 1.165) is 0 Å². The lowest BCUT2D eigenvalue weighted by Crippen LogP contribution is -2.41. The molecule has 0 saturated heterocycles. The van der Waals surface area contributed by atoms with Gasteiger partial charge in [0.15, 0.2) is 0 Å². The molecule has 0 aliphatic heterocycles. The minimum Gasteiger partial charge on any atom is -0.395 e. The molecule has 2 amide bonds. The average molecular weight is 267 g/mol. The third-order valence-electron chi connectivity index (χ3n) is 2.53. The molecule has 7 nitrogen and oxygen atoms in total. The number of aliphatic hydroxyl groups is 1. The Morgan fingerprint density at radius 1 is 1.53 bits per heavy atom. The maximum absolute atomic E-state index is 12.0. The van der Waals surface area contributed by atoms with Crippen molar-refractivity contribution < 1.29 is 14.8 Å². The van der Waals surface area contributed by atoms with Gasteiger partial charge in [0.25, 0.3) is 5.69 Å². The van der Waals surface area contributed by atoms with Crippen LogP contribution in [0.15, 0.2) is 24.3 Å². The quantitative estimate of drug-likeness (QED) is 0.628. The third kappa shape index (κ3) is 4.22. The van der Waals surface area contributed by atoms with Crippen LogP contribution in [0.4, 0.5) is 16.2 Å². The van der Waals surface area contributed by atoms with Crippen LogP contribution in [0.2, 0.25) is 0 Å². The van der Waals surface area contributed by atoms with Crippen molar-refractivity contribution in [2.45, 2.75) is 19.9 Å². The van der Waals surface area contributed by atoms with Crippen molar-refractivity contribution in [2.24, 2.45) is 0 Å². The number of benzene rings is 1. The Morgan fingerprint density at radius 3 is 2.74 bits per heavy atom. The summed E-state index contributed by atoms with van der Waals surface area (Å²) in [5, 5.41) is 22.1. The number of urea groups is 1. The van der Waals surface area contributed by atoms with Crippen LogP contribution in [0, 0.1) is 10.1 Å². The van der Waals surface area contributed by atoms with Gasteiger partial charge in [-0.3, -0.25) is 10.1 Å². The van der Waals surface area contributed by atoms with Crippen LogP contribution in [-0.4, -0.2) is 40.2 Å². The van der Waals surface area contributed by atoms with Gasteiger partial charge in [-0.2, -0.15) is 0 Å². The van der Waals surface area contributed by atoms with Gasteiger partial charge in [0.1, 0.15) is 0 Å². The number of amides is 2. The fourth-order valence-corrected chi connectivity index (χ4v) is 1.59. The molecule has 1 rings (SSSR count). The largest absolute Gasteiger partial charge is 0.395 e. The summed E-state index contributed by atoms with van der Waals surface area (Å²) < 4.78 is 0. The van der Waals surface area contributed by atoms with Gasteiger partial charge in [0, 0.05) is 30.4 Å². The van der Waals surface area contributed by atoms with Crippen LogP contribution in [0.1, 0.15) is 13.8 Å². The number of rotatable bonds is 5. The number of carbonyl (C=O) groups is 1. The van der Waals surface area contributed by atoms with Crippen LogP contribution in [0.3, 0.4) is 0 Å². The molecule has 0 unspecified atom stereocenters. The lowest BCUT2D eigenvalue weighted by molar-refractivity contribution is -0.384. The molecular weight excluding hydrogens is 250 g/mol. The molecule has 2 N–H and O–H groups in total. The van der Waals surface area contributed by atoms with E-state index in [0.29, 0.717) is 5.69 Å². The molecule has 0 aromatic heterocycles. The van der Waals surface area contributed by atoms with E-state index in [1.807, 2.05) is 13.8 Å². The second-order valence-corrected chi connectivity index (χ2v) is 4.25. The predicted octanol–water partition coefficient (Wildman–Crippen LogP) is 1.83. The zero-order chi connectivity index (χ0) is 14.4. The number of hydrogen-bond acceptors (Lipinski definition) is 4. The number of nitro benzene ring substituents is 1. The number of non-ortho nitro benzene ring substituents is 1. The number of nitrogens with zero attached hydrogens (tertiary/aromatic N) is 2. The van der Waals surface area contributed by atoms with Gasteiger partial charge in [-0.15, -0.1) is 0 Å². The van der Waals surface area contributed by atoms with Gasteiger partial charge >= 0.3 is 6.03 Å². The zero-order valence-corrected chi connectivity index (χ0v) is 10.9. The molecule has 0 bridgehead atoms. The van der Waals surface area contributed by atoms with Crippen molar-refractivity contribution in [2.75, 3.05) is 18.5 Å². The summed E-state index contributed by atoms with van der Waals surface area (Å²) in [6.45, 7) is 3.71. The third-order valence-corrected chi connectivity index (χ3v) is 2.53. The first-order valence-electron chi connectivity index (χ1n) is 5.88. The molecule has 0 radical (unpaired) electrons. The van der Waals surface area contributed by atoms with Gasteiger partial charge in [0.05, 0.1) is 11.5 Å². The van der Waals surface area contributed by atoms with Crippen molar-refractivity contribution in [3.63, 3.8) is 0 Å². The molecule has 1 aromatic carbocycles. The van der Waals surface area contributed by atoms with Crippen LogP contribution < -0.4 is 5.32 Å². The lowest BCUT2D eigenvalue weighted by atomic mass is 10.3. The Bertz CT molecular complexity index is 462. The predicted molar refractivity (Wildman–Crippen MR) is 71.0 cm³/mol. The van der Waals surface area contributed by atoms with Crippen LogP contribution in [0.5, 0.6) is 0 Å². The standard InChI is InChI=1S/C12H17N3O4/c1-9(2)14(6-7-16)12(17)13-10-4-3-5-11(8-10)15(18)19/h3-5,8-9,16H,6-7H2,1-2H3,(H,13,17). The van der Waals surface area contributed by atoms with Gasteiger partial charge in [-0.1, -0.05) is 6.07 Å². The summed E-state index contributed by atoms with van der Waals surface area (Å²) in [4.78, 5) is 23.5. The summed E-state index contributed by atoms with van der Waals surface area (Å²) in [7, 11) is 0. The first kappa shape index (κ1) is 14.9.